The lowest BCUT2D eigenvalue weighted by Gasteiger charge is -2.64. The molecule has 4 saturated carbocycles. The topological polar surface area (TPSA) is 38.3 Å². The highest BCUT2D eigenvalue weighted by atomic mass is 35.5. The van der Waals surface area contributed by atoms with Gasteiger partial charge in [0.05, 0.1) is 18.6 Å². The van der Waals surface area contributed by atoms with E-state index in [0.29, 0.717) is 36.5 Å². The lowest BCUT2D eigenvalue weighted by molar-refractivity contribution is -0.170. The number of hydrogen-bond acceptors (Lipinski definition) is 2. The summed E-state index contributed by atoms with van der Waals surface area (Å²) in [4.78, 5) is 12.8. The number of amides is 1. The van der Waals surface area contributed by atoms with Crippen LogP contribution in [0, 0.1) is 22.2 Å². The minimum absolute atomic E-state index is 0.102. The second kappa shape index (κ2) is 5.42. The number of halogens is 1. The van der Waals surface area contributed by atoms with Gasteiger partial charge in [-0.1, -0.05) is 13.8 Å². The third-order valence-electron chi connectivity index (χ3n) is 5.86. The van der Waals surface area contributed by atoms with Crippen LogP contribution in [0.3, 0.4) is 0 Å². The van der Waals surface area contributed by atoms with Gasteiger partial charge in [0, 0.05) is 12.4 Å². The Hall–Kier alpha value is -0.280. The predicted molar refractivity (Wildman–Crippen MR) is 84.4 cm³/mol. The monoisotopic (exact) mass is 313 g/mol. The molecule has 1 N–H and O–H groups in total. The molecule has 4 aliphatic rings. The van der Waals surface area contributed by atoms with E-state index in [9.17, 15) is 4.79 Å². The third-order valence-corrected chi connectivity index (χ3v) is 6.02. The van der Waals surface area contributed by atoms with Gasteiger partial charge in [-0.15, -0.1) is 11.6 Å². The molecular weight excluding hydrogens is 286 g/mol. The first-order valence-electron chi connectivity index (χ1n) is 8.31. The van der Waals surface area contributed by atoms with Gasteiger partial charge in [-0.3, -0.25) is 4.79 Å². The Bertz CT molecular complexity index is 407. The molecule has 4 rings (SSSR count). The van der Waals surface area contributed by atoms with E-state index >= 15 is 0 Å². The van der Waals surface area contributed by atoms with Gasteiger partial charge in [0.2, 0.25) is 5.91 Å². The first-order valence-corrected chi connectivity index (χ1v) is 8.84. The van der Waals surface area contributed by atoms with Crippen molar-refractivity contribution in [2.45, 2.75) is 52.4 Å². The van der Waals surface area contributed by atoms with E-state index in [4.69, 9.17) is 16.3 Å². The molecule has 4 heteroatoms. The number of carbonyl (C=O) groups is 1. The van der Waals surface area contributed by atoms with Crippen LogP contribution >= 0.6 is 11.6 Å². The van der Waals surface area contributed by atoms with Gasteiger partial charge < -0.3 is 10.1 Å². The highest BCUT2D eigenvalue weighted by Crippen LogP contribution is 2.69. The summed E-state index contributed by atoms with van der Waals surface area (Å²) < 4.78 is 5.35. The van der Waals surface area contributed by atoms with Crippen LogP contribution in [0.25, 0.3) is 0 Å². The Morgan fingerprint density at radius 1 is 1.14 bits per heavy atom. The predicted octanol–water partition coefficient (Wildman–Crippen LogP) is 3.35. The molecule has 4 aliphatic carbocycles. The van der Waals surface area contributed by atoms with Crippen LogP contribution in [0.2, 0.25) is 0 Å². The Balaban J connectivity index is 1.63. The molecule has 0 aromatic carbocycles. The Labute approximate surface area is 133 Å². The Morgan fingerprint density at radius 3 is 2.38 bits per heavy atom. The normalized spacial score (nSPS) is 44.0. The number of ether oxygens (including phenoxy) is 1. The van der Waals surface area contributed by atoms with Crippen molar-refractivity contribution in [3.63, 3.8) is 0 Å². The van der Waals surface area contributed by atoms with Gasteiger partial charge in [-0.05, 0) is 55.3 Å². The van der Waals surface area contributed by atoms with E-state index in [2.05, 4.69) is 19.2 Å². The van der Waals surface area contributed by atoms with E-state index in [1.165, 1.54) is 19.3 Å². The molecule has 0 aromatic heterocycles. The smallest absolute Gasteiger partial charge is 0.226 e. The van der Waals surface area contributed by atoms with Crippen LogP contribution in [-0.2, 0) is 9.53 Å². The molecule has 4 bridgehead atoms. The highest BCUT2D eigenvalue weighted by Gasteiger charge is 2.62. The Morgan fingerprint density at radius 2 is 1.81 bits per heavy atom. The van der Waals surface area contributed by atoms with Crippen molar-refractivity contribution in [2.24, 2.45) is 22.2 Å². The number of alkyl halides is 1. The Kier molecular flexibility index (Phi) is 4.03. The van der Waals surface area contributed by atoms with Gasteiger partial charge in [-0.2, -0.15) is 0 Å². The molecule has 0 heterocycles. The van der Waals surface area contributed by atoms with Crippen LogP contribution in [0.5, 0.6) is 0 Å². The van der Waals surface area contributed by atoms with Crippen molar-refractivity contribution in [3.05, 3.63) is 0 Å². The number of hydrogen-bond donors (Lipinski definition) is 1. The van der Waals surface area contributed by atoms with Gasteiger partial charge in [0.25, 0.3) is 0 Å². The number of carbonyl (C=O) groups excluding carboxylic acids is 1. The maximum atomic E-state index is 12.8. The molecule has 0 spiro atoms. The maximum Gasteiger partial charge on any atom is 0.226 e. The van der Waals surface area contributed by atoms with Crippen molar-refractivity contribution in [1.29, 1.82) is 0 Å². The molecule has 0 saturated heterocycles. The molecule has 2 atom stereocenters. The number of rotatable bonds is 6. The minimum atomic E-state index is -0.102. The summed E-state index contributed by atoms with van der Waals surface area (Å²) in [6, 6.07) is 0. The first-order chi connectivity index (χ1) is 9.89. The van der Waals surface area contributed by atoms with Crippen molar-refractivity contribution in [2.75, 3.05) is 25.6 Å². The van der Waals surface area contributed by atoms with E-state index in [-0.39, 0.29) is 11.3 Å². The van der Waals surface area contributed by atoms with Crippen molar-refractivity contribution >= 4 is 17.5 Å². The molecule has 0 aliphatic heterocycles. The molecule has 1 amide bonds. The fraction of sp³-hybridized carbons (Fsp3) is 0.941. The molecule has 21 heavy (non-hydrogen) atoms. The SMILES string of the molecule is CC12CC3CC(C)(C1)CC(C(=O)NCCOCCCl)(C3)C2. The summed E-state index contributed by atoms with van der Waals surface area (Å²) in [5.41, 5.74) is 0.677. The zero-order valence-corrected chi connectivity index (χ0v) is 14.1. The summed E-state index contributed by atoms with van der Waals surface area (Å²) in [5, 5.41) is 3.13. The van der Waals surface area contributed by atoms with Gasteiger partial charge in [0.1, 0.15) is 0 Å². The molecule has 0 aromatic rings. The zero-order chi connectivity index (χ0) is 15.1. The molecule has 2 unspecified atom stereocenters. The number of nitrogens with one attached hydrogen (secondary N) is 1. The summed E-state index contributed by atoms with van der Waals surface area (Å²) in [6.45, 7) is 6.53. The minimum Gasteiger partial charge on any atom is -0.378 e. The first kappa shape index (κ1) is 15.6. The van der Waals surface area contributed by atoms with E-state index in [0.717, 1.165) is 25.2 Å². The van der Waals surface area contributed by atoms with E-state index < -0.39 is 0 Å². The quantitative estimate of drug-likeness (QED) is 0.603. The van der Waals surface area contributed by atoms with Crippen LogP contribution in [-0.4, -0.2) is 31.5 Å². The van der Waals surface area contributed by atoms with Gasteiger partial charge >= 0.3 is 0 Å². The average molecular weight is 314 g/mol. The fourth-order valence-corrected chi connectivity index (χ4v) is 6.39. The highest BCUT2D eigenvalue weighted by molar-refractivity contribution is 6.17. The second-order valence-corrected chi connectivity index (χ2v) is 8.85. The summed E-state index contributed by atoms with van der Waals surface area (Å²) in [6.07, 6.45) is 7.24. The largest absolute Gasteiger partial charge is 0.378 e. The fourth-order valence-electron chi connectivity index (χ4n) is 6.28. The van der Waals surface area contributed by atoms with Crippen molar-refractivity contribution < 1.29 is 9.53 Å². The average Bonchev–Trinajstić information content (AvgIpc) is 2.33. The van der Waals surface area contributed by atoms with Crippen LogP contribution in [0.1, 0.15) is 52.4 Å². The summed E-state index contributed by atoms with van der Waals surface area (Å²) in [5.74, 6) is 1.55. The van der Waals surface area contributed by atoms with Crippen molar-refractivity contribution in [1.82, 2.24) is 5.32 Å². The molecule has 3 nitrogen and oxygen atoms in total. The van der Waals surface area contributed by atoms with E-state index in [1.54, 1.807) is 0 Å². The third kappa shape index (κ3) is 2.96. The van der Waals surface area contributed by atoms with Crippen LogP contribution in [0.15, 0.2) is 0 Å². The summed E-state index contributed by atoms with van der Waals surface area (Å²) in [7, 11) is 0. The van der Waals surface area contributed by atoms with E-state index in [1.807, 2.05) is 0 Å². The lowest BCUT2D eigenvalue weighted by atomic mass is 9.40. The van der Waals surface area contributed by atoms with Crippen LogP contribution in [0.4, 0.5) is 0 Å². The standard InChI is InChI=1S/C17H28ClNO2/c1-15-7-13-8-16(2,10-15)12-17(9-13,11-15)14(20)19-4-6-21-5-3-18/h13H,3-12H2,1-2H3,(H,19,20). The zero-order valence-electron chi connectivity index (χ0n) is 13.3. The summed E-state index contributed by atoms with van der Waals surface area (Å²) >= 11 is 5.57. The molecule has 120 valence electrons. The van der Waals surface area contributed by atoms with Crippen LogP contribution < -0.4 is 5.32 Å². The van der Waals surface area contributed by atoms with Gasteiger partial charge in [-0.25, -0.2) is 0 Å². The lowest BCUT2D eigenvalue weighted by Crippen LogP contribution is -2.60. The molecule has 0 radical (unpaired) electrons. The maximum absolute atomic E-state index is 12.8. The molecular formula is C17H28ClNO2. The van der Waals surface area contributed by atoms with Crippen molar-refractivity contribution in [3.8, 4) is 0 Å². The van der Waals surface area contributed by atoms with Gasteiger partial charge in [0.15, 0.2) is 0 Å². The second-order valence-electron chi connectivity index (χ2n) is 8.47. The molecule has 4 fully saturated rings.